The minimum absolute atomic E-state index is 0.224. The molecule has 27 heavy (non-hydrogen) atoms. The van der Waals surface area contributed by atoms with Crippen LogP contribution < -0.4 is 9.80 Å². The fraction of sp³-hybridized carbons (Fsp3) is 0.409. The fourth-order valence-electron chi connectivity index (χ4n) is 5.05. The molecule has 1 aliphatic carbocycles. The number of aliphatic carboxylic acids is 1. The molecule has 1 spiro atoms. The number of fused-ring (bicyclic) bond motifs is 2. The van der Waals surface area contributed by atoms with Crippen molar-refractivity contribution < 1.29 is 9.90 Å². The maximum atomic E-state index is 11.1. The van der Waals surface area contributed by atoms with Gasteiger partial charge in [0.25, 0.3) is 0 Å². The summed E-state index contributed by atoms with van der Waals surface area (Å²) in [6.45, 7) is 2.19. The summed E-state index contributed by atoms with van der Waals surface area (Å²) in [7, 11) is 0. The summed E-state index contributed by atoms with van der Waals surface area (Å²) in [6.07, 6.45) is 5.01. The molecule has 2 heterocycles. The van der Waals surface area contributed by atoms with Crippen LogP contribution in [-0.4, -0.2) is 30.7 Å². The monoisotopic (exact) mass is 382 g/mol. The molecule has 0 amide bonds. The predicted molar refractivity (Wildman–Crippen MR) is 108 cm³/mol. The summed E-state index contributed by atoms with van der Waals surface area (Å²) in [5, 5.41) is 9.94. The van der Waals surface area contributed by atoms with Gasteiger partial charge < -0.3 is 14.9 Å². The summed E-state index contributed by atoms with van der Waals surface area (Å²) in [5.74, 6) is -0.944. The molecule has 5 heteroatoms. The van der Waals surface area contributed by atoms with Gasteiger partial charge in [0.15, 0.2) is 0 Å². The van der Waals surface area contributed by atoms with Crippen LogP contribution in [0.4, 0.5) is 17.1 Å². The van der Waals surface area contributed by atoms with Crippen molar-refractivity contribution in [1.82, 2.24) is 0 Å². The molecule has 5 rings (SSSR count). The van der Waals surface area contributed by atoms with Gasteiger partial charge >= 0.3 is 5.97 Å². The Morgan fingerprint density at radius 1 is 1.07 bits per heavy atom. The van der Waals surface area contributed by atoms with E-state index in [-0.39, 0.29) is 11.3 Å². The highest BCUT2D eigenvalue weighted by molar-refractivity contribution is 6.30. The zero-order valence-electron chi connectivity index (χ0n) is 15.2. The van der Waals surface area contributed by atoms with Crippen molar-refractivity contribution in [3.05, 3.63) is 53.1 Å². The second-order valence-electron chi connectivity index (χ2n) is 8.20. The molecule has 0 atom stereocenters. The Morgan fingerprint density at radius 2 is 1.81 bits per heavy atom. The summed E-state index contributed by atoms with van der Waals surface area (Å²) in [6, 6.07) is 14.8. The van der Waals surface area contributed by atoms with Gasteiger partial charge in [0, 0.05) is 47.1 Å². The first-order chi connectivity index (χ1) is 13.1. The summed E-state index contributed by atoms with van der Waals surface area (Å²) in [4.78, 5) is 15.7. The molecular formula is C22H23ClN2O2. The van der Waals surface area contributed by atoms with Crippen LogP contribution in [0.3, 0.4) is 0 Å². The Morgan fingerprint density at radius 3 is 2.56 bits per heavy atom. The number of carboxylic acids is 1. The maximum Gasteiger partial charge on any atom is 0.310 e. The number of carboxylic acid groups (broad SMARTS) is 1. The molecule has 1 N–H and O–H groups in total. The van der Waals surface area contributed by atoms with Gasteiger partial charge in [0.2, 0.25) is 0 Å². The van der Waals surface area contributed by atoms with E-state index in [0.29, 0.717) is 13.1 Å². The molecule has 1 saturated heterocycles. The smallest absolute Gasteiger partial charge is 0.310 e. The molecular weight excluding hydrogens is 360 g/mol. The van der Waals surface area contributed by atoms with Crippen LogP contribution in [0.2, 0.25) is 5.02 Å². The third-order valence-electron chi connectivity index (χ3n) is 6.58. The molecule has 2 fully saturated rings. The minimum atomic E-state index is -0.698. The number of rotatable bonds is 3. The van der Waals surface area contributed by atoms with Crippen molar-refractivity contribution >= 4 is 34.6 Å². The topological polar surface area (TPSA) is 43.8 Å². The summed E-state index contributed by atoms with van der Waals surface area (Å²) in [5.41, 5.74) is 5.17. The molecule has 1 saturated carbocycles. The molecule has 0 radical (unpaired) electrons. The minimum Gasteiger partial charge on any atom is -0.481 e. The summed E-state index contributed by atoms with van der Waals surface area (Å²) < 4.78 is 0. The molecule has 4 nitrogen and oxygen atoms in total. The van der Waals surface area contributed by atoms with Crippen molar-refractivity contribution in [3.8, 4) is 0 Å². The second kappa shape index (κ2) is 6.16. The van der Waals surface area contributed by atoms with Gasteiger partial charge in [-0.25, -0.2) is 0 Å². The van der Waals surface area contributed by atoms with E-state index in [1.807, 2.05) is 6.07 Å². The largest absolute Gasteiger partial charge is 0.481 e. The molecule has 2 aromatic rings. The van der Waals surface area contributed by atoms with E-state index < -0.39 is 5.97 Å². The Balaban J connectivity index is 1.47. The number of hydrogen-bond acceptors (Lipinski definition) is 3. The zero-order valence-corrected chi connectivity index (χ0v) is 16.0. The summed E-state index contributed by atoms with van der Waals surface area (Å²) >= 11 is 6.34. The lowest BCUT2D eigenvalue weighted by atomic mass is 9.81. The van der Waals surface area contributed by atoms with Crippen LogP contribution in [0.25, 0.3) is 0 Å². The highest BCUT2D eigenvalue weighted by Crippen LogP contribution is 2.53. The first-order valence-corrected chi connectivity index (χ1v) is 10.1. The molecule has 0 bridgehead atoms. The van der Waals surface area contributed by atoms with Crippen LogP contribution >= 0.6 is 11.6 Å². The average molecular weight is 383 g/mol. The van der Waals surface area contributed by atoms with Crippen LogP contribution in [0, 0.1) is 5.92 Å². The number of nitrogens with zero attached hydrogens (tertiary/aromatic N) is 2. The standard InChI is InChI=1S/C22H23ClN2O2/c23-16-6-7-20-19(10-16)22(8-1-2-9-22)14-25(20)18-5-3-4-17(11-18)24-12-15(13-24)21(26)27/h3-7,10-11,15H,1-2,8-9,12-14H2,(H,26,27). The third kappa shape index (κ3) is 2.69. The van der Waals surface area contributed by atoms with Crippen molar-refractivity contribution in [1.29, 1.82) is 0 Å². The number of hydrogen-bond donors (Lipinski definition) is 1. The number of benzene rings is 2. The van der Waals surface area contributed by atoms with Crippen LogP contribution in [0.15, 0.2) is 42.5 Å². The van der Waals surface area contributed by atoms with Gasteiger partial charge in [-0.2, -0.15) is 0 Å². The Labute approximate surface area is 164 Å². The van der Waals surface area contributed by atoms with E-state index in [9.17, 15) is 4.79 Å². The van der Waals surface area contributed by atoms with Gasteiger partial charge in [-0.15, -0.1) is 0 Å². The molecule has 140 valence electrons. The zero-order chi connectivity index (χ0) is 18.6. The van der Waals surface area contributed by atoms with Gasteiger partial charge in [-0.1, -0.05) is 30.5 Å². The number of halogens is 1. The van der Waals surface area contributed by atoms with E-state index in [1.165, 1.54) is 42.6 Å². The average Bonchev–Trinajstić information content (AvgIpc) is 3.20. The van der Waals surface area contributed by atoms with Crippen LogP contribution in [0.5, 0.6) is 0 Å². The molecule has 2 aliphatic heterocycles. The Bertz CT molecular complexity index is 901. The van der Waals surface area contributed by atoms with E-state index in [1.54, 1.807) is 0 Å². The fourth-order valence-corrected chi connectivity index (χ4v) is 5.23. The van der Waals surface area contributed by atoms with Crippen LogP contribution in [-0.2, 0) is 10.2 Å². The quantitative estimate of drug-likeness (QED) is 0.826. The van der Waals surface area contributed by atoms with Crippen molar-refractivity contribution in [2.75, 3.05) is 29.4 Å². The normalized spacial score (nSPS) is 20.8. The van der Waals surface area contributed by atoms with Crippen molar-refractivity contribution in [2.45, 2.75) is 31.1 Å². The van der Waals surface area contributed by atoms with E-state index in [4.69, 9.17) is 16.7 Å². The van der Waals surface area contributed by atoms with Gasteiger partial charge in [-0.05, 0) is 54.8 Å². The highest BCUT2D eigenvalue weighted by atomic mass is 35.5. The third-order valence-corrected chi connectivity index (χ3v) is 6.81. The van der Waals surface area contributed by atoms with Crippen molar-refractivity contribution in [2.24, 2.45) is 5.92 Å². The van der Waals surface area contributed by atoms with E-state index in [0.717, 1.165) is 17.3 Å². The van der Waals surface area contributed by atoms with E-state index >= 15 is 0 Å². The first kappa shape index (κ1) is 16.9. The Hall–Kier alpha value is -2.20. The predicted octanol–water partition coefficient (Wildman–Crippen LogP) is 4.82. The number of anilines is 3. The Kier molecular flexibility index (Phi) is 3.87. The SMILES string of the molecule is O=C(O)C1CN(c2cccc(N3CC4(CCCC4)c4cc(Cl)ccc43)c2)C1. The lowest BCUT2D eigenvalue weighted by Crippen LogP contribution is -2.50. The maximum absolute atomic E-state index is 11.1. The van der Waals surface area contributed by atoms with Crippen LogP contribution in [0.1, 0.15) is 31.2 Å². The van der Waals surface area contributed by atoms with Gasteiger partial charge in [0.1, 0.15) is 0 Å². The lowest BCUT2D eigenvalue weighted by Gasteiger charge is -2.39. The highest BCUT2D eigenvalue weighted by Gasteiger charge is 2.45. The van der Waals surface area contributed by atoms with Crippen molar-refractivity contribution in [3.63, 3.8) is 0 Å². The van der Waals surface area contributed by atoms with E-state index in [2.05, 4.69) is 46.2 Å². The second-order valence-corrected chi connectivity index (χ2v) is 8.63. The molecule has 3 aliphatic rings. The van der Waals surface area contributed by atoms with Gasteiger partial charge in [0.05, 0.1) is 5.92 Å². The molecule has 0 aromatic heterocycles. The first-order valence-electron chi connectivity index (χ1n) is 9.71. The number of carbonyl (C=O) groups is 1. The molecule has 0 unspecified atom stereocenters. The van der Waals surface area contributed by atoms with Gasteiger partial charge in [-0.3, -0.25) is 4.79 Å². The molecule has 2 aromatic carbocycles. The lowest BCUT2D eigenvalue weighted by molar-refractivity contribution is -0.142.